The smallest absolute Gasteiger partial charge is 0.325 e. The highest BCUT2D eigenvalue weighted by Crippen LogP contribution is 2.22. The Labute approximate surface area is 159 Å². The number of carbonyl (C=O) groups excluding carboxylic acids is 2. The first-order chi connectivity index (χ1) is 13.0. The molecular weight excluding hydrogens is 346 g/mol. The van der Waals surface area contributed by atoms with Crippen LogP contribution in [0.2, 0.25) is 0 Å². The molecule has 1 atom stereocenters. The molecule has 146 valence electrons. The topological polar surface area (TPSA) is 84.9 Å². The molecule has 0 radical (unpaired) electrons. The monoisotopic (exact) mass is 373 g/mol. The van der Waals surface area contributed by atoms with E-state index in [1.165, 1.54) is 19.9 Å². The normalized spacial score (nSPS) is 24.5. The second kappa shape index (κ2) is 7.30. The lowest BCUT2D eigenvalue weighted by Gasteiger charge is -2.42. The fraction of sp³-hybridized carbons (Fsp3) is 0.667. The number of imide groups is 1. The Kier molecular flexibility index (Phi) is 4.86. The fourth-order valence-electron chi connectivity index (χ4n) is 3.95. The van der Waals surface area contributed by atoms with Gasteiger partial charge in [0.25, 0.3) is 0 Å². The van der Waals surface area contributed by atoms with Crippen molar-refractivity contribution in [1.29, 1.82) is 0 Å². The lowest BCUT2D eigenvalue weighted by Crippen LogP contribution is -2.62. The van der Waals surface area contributed by atoms with Crippen molar-refractivity contribution in [3.63, 3.8) is 0 Å². The summed E-state index contributed by atoms with van der Waals surface area (Å²) in [6.07, 6.45) is 2.52. The zero-order valence-electron chi connectivity index (χ0n) is 16.0. The molecule has 0 spiro atoms. The van der Waals surface area contributed by atoms with Crippen LogP contribution in [0.25, 0.3) is 0 Å². The molecule has 0 bridgehead atoms. The van der Waals surface area contributed by atoms with Gasteiger partial charge in [-0.3, -0.25) is 14.6 Å². The molecule has 1 aromatic rings. The van der Waals surface area contributed by atoms with Gasteiger partial charge < -0.3 is 15.1 Å². The molecule has 3 aliphatic heterocycles. The average molecular weight is 373 g/mol. The molecule has 27 heavy (non-hydrogen) atoms. The molecule has 1 aromatic heterocycles. The third-order valence-corrected chi connectivity index (χ3v) is 5.63. The molecule has 3 saturated heterocycles. The van der Waals surface area contributed by atoms with Gasteiger partial charge in [-0.25, -0.2) is 9.78 Å². The van der Waals surface area contributed by atoms with Gasteiger partial charge in [-0.2, -0.15) is 4.98 Å². The summed E-state index contributed by atoms with van der Waals surface area (Å²) in [6.45, 7) is 7.26. The van der Waals surface area contributed by atoms with Crippen LogP contribution in [0.3, 0.4) is 0 Å². The Morgan fingerprint density at radius 1 is 1.00 bits per heavy atom. The molecule has 3 aliphatic rings. The maximum atomic E-state index is 12.0. The van der Waals surface area contributed by atoms with E-state index < -0.39 is 0 Å². The van der Waals surface area contributed by atoms with Crippen LogP contribution in [0.5, 0.6) is 0 Å². The quantitative estimate of drug-likeness (QED) is 0.821. The number of aryl methyl sites for hydroxylation is 1. The van der Waals surface area contributed by atoms with E-state index in [0.29, 0.717) is 6.42 Å². The SMILES string of the molecule is Cc1cc(N2CCN(C3CC(=O)N(C)C(=O)N3)CC2)nc(N2CCCC2)n1. The van der Waals surface area contributed by atoms with Gasteiger partial charge in [0.1, 0.15) is 5.82 Å². The van der Waals surface area contributed by atoms with Crippen LogP contribution in [0.15, 0.2) is 6.07 Å². The summed E-state index contributed by atoms with van der Waals surface area (Å²) < 4.78 is 0. The number of hydrogen-bond acceptors (Lipinski definition) is 7. The van der Waals surface area contributed by atoms with Gasteiger partial charge in [-0.05, 0) is 19.8 Å². The van der Waals surface area contributed by atoms with Crippen LogP contribution in [0.1, 0.15) is 25.0 Å². The van der Waals surface area contributed by atoms with Gasteiger partial charge in [-0.15, -0.1) is 0 Å². The van der Waals surface area contributed by atoms with Gasteiger partial charge in [0.2, 0.25) is 11.9 Å². The zero-order chi connectivity index (χ0) is 19.0. The molecule has 4 rings (SSSR count). The first-order valence-electron chi connectivity index (χ1n) is 9.68. The highest BCUT2D eigenvalue weighted by Gasteiger charge is 2.34. The van der Waals surface area contributed by atoms with Gasteiger partial charge in [0.15, 0.2) is 0 Å². The Hall–Kier alpha value is -2.42. The van der Waals surface area contributed by atoms with Gasteiger partial charge in [0.05, 0.1) is 12.6 Å². The van der Waals surface area contributed by atoms with Crippen LogP contribution < -0.4 is 15.1 Å². The molecule has 9 nitrogen and oxygen atoms in total. The predicted molar refractivity (Wildman–Crippen MR) is 102 cm³/mol. The van der Waals surface area contributed by atoms with Crippen molar-refractivity contribution < 1.29 is 9.59 Å². The number of piperazine rings is 1. The molecule has 0 saturated carbocycles. The lowest BCUT2D eigenvalue weighted by molar-refractivity contribution is -0.130. The minimum atomic E-state index is -0.319. The number of aromatic nitrogens is 2. The molecule has 3 fully saturated rings. The van der Waals surface area contributed by atoms with Crippen LogP contribution in [-0.4, -0.2) is 84.2 Å². The number of anilines is 2. The van der Waals surface area contributed by atoms with E-state index in [1.807, 2.05) is 13.0 Å². The Morgan fingerprint density at radius 3 is 2.37 bits per heavy atom. The van der Waals surface area contributed by atoms with Crippen LogP contribution >= 0.6 is 0 Å². The minimum absolute atomic E-state index is 0.132. The molecule has 3 amide bonds. The third kappa shape index (κ3) is 3.69. The van der Waals surface area contributed by atoms with Crippen molar-refractivity contribution in [3.05, 3.63) is 11.8 Å². The molecule has 1 N–H and O–H groups in total. The first kappa shape index (κ1) is 18.0. The summed E-state index contributed by atoms with van der Waals surface area (Å²) in [4.78, 5) is 41.1. The van der Waals surface area contributed by atoms with Gasteiger partial charge >= 0.3 is 6.03 Å². The summed E-state index contributed by atoms with van der Waals surface area (Å²) in [5.41, 5.74) is 0.984. The fourth-order valence-corrected chi connectivity index (χ4v) is 3.95. The van der Waals surface area contributed by atoms with Gasteiger partial charge in [0, 0.05) is 58.1 Å². The highest BCUT2D eigenvalue weighted by molar-refractivity contribution is 5.96. The van der Waals surface area contributed by atoms with Crippen molar-refractivity contribution in [2.24, 2.45) is 0 Å². The van der Waals surface area contributed by atoms with Crippen molar-refractivity contribution in [2.75, 3.05) is 56.1 Å². The van der Waals surface area contributed by atoms with E-state index in [4.69, 9.17) is 4.98 Å². The summed E-state index contributed by atoms with van der Waals surface area (Å²) in [5, 5.41) is 2.92. The summed E-state index contributed by atoms with van der Waals surface area (Å²) in [5.74, 6) is 1.67. The van der Waals surface area contributed by atoms with Gasteiger partial charge in [-0.1, -0.05) is 0 Å². The van der Waals surface area contributed by atoms with Crippen molar-refractivity contribution in [2.45, 2.75) is 32.4 Å². The Bertz CT molecular complexity index is 708. The minimum Gasteiger partial charge on any atom is -0.354 e. The van der Waals surface area contributed by atoms with Crippen molar-refractivity contribution >= 4 is 23.7 Å². The second-order valence-electron chi connectivity index (χ2n) is 7.51. The number of nitrogens with zero attached hydrogens (tertiary/aromatic N) is 6. The van der Waals surface area contributed by atoms with E-state index in [9.17, 15) is 9.59 Å². The summed E-state index contributed by atoms with van der Waals surface area (Å²) in [6, 6.07) is 1.72. The predicted octanol–water partition coefficient (Wildman–Crippen LogP) is 0.405. The molecule has 0 aromatic carbocycles. The summed E-state index contributed by atoms with van der Waals surface area (Å²) in [7, 11) is 1.52. The number of rotatable bonds is 3. The van der Waals surface area contributed by atoms with Crippen molar-refractivity contribution in [1.82, 2.24) is 25.1 Å². The van der Waals surface area contributed by atoms with Crippen LogP contribution in [0, 0.1) is 6.92 Å². The highest BCUT2D eigenvalue weighted by atomic mass is 16.2. The largest absolute Gasteiger partial charge is 0.354 e. The number of amides is 3. The molecule has 1 unspecified atom stereocenters. The summed E-state index contributed by atoms with van der Waals surface area (Å²) >= 11 is 0. The molecule has 0 aliphatic carbocycles. The first-order valence-corrected chi connectivity index (χ1v) is 9.68. The van der Waals surface area contributed by atoms with E-state index in [-0.39, 0.29) is 18.1 Å². The average Bonchev–Trinajstić information content (AvgIpc) is 3.20. The number of carbonyl (C=O) groups is 2. The molecule has 9 heteroatoms. The second-order valence-corrected chi connectivity index (χ2v) is 7.51. The van der Waals surface area contributed by atoms with Crippen LogP contribution in [0.4, 0.5) is 16.6 Å². The maximum Gasteiger partial charge on any atom is 0.325 e. The maximum absolute atomic E-state index is 12.0. The number of urea groups is 1. The Morgan fingerprint density at radius 2 is 1.70 bits per heavy atom. The Balaban J connectivity index is 1.41. The number of hydrogen-bond donors (Lipinski definition) is 1. The molecular formula is C18H27N7O2. The lowest BCUT2D eigenvalue weighted by atomic mass is 10.2. The van der Waals surface area contributed by atoms with E-state index in [0.717, 1.165) is 61.6 Å². The van der Waals surface area contributed by atoms with E-state index in [1.54, 1.807) is 0 Å². The third-order valence-electron chi connectivity index (χ3n) is 5.63. The zero-order valence-corrected chi connectivity index (χ0v) is 16.0. The number of nitrogens with one attached hydrogen (secondary N) is 1. The van der Waals surface area contributed by atoms with E-state index >= 15 is 0 Å². The van der Waals surface area contributed by atoms with Crippen LogP contribution in [-0.2, 0) is 4.79 Å². The van der Waals surface area contributed by atoms with E-state index in [2.05, 4.69) is 25.0 Å². The van der Waals surface area contributed by atoms with Crippen molar-refractivity contribution in [3.8, 4) is 0 Å². The molecule has 4 heterocycles. The standard InChI is InChI=1S/C18H27N7O2/c1-13-11-14(20-17(19-13)25-5-3-4-6-25)23-7-9-24(10-8-23)15-12-16(26)22(2)18(27)21-15/h11,15H,3-10,12H2,1-2H3,(H,21,27).